The van der Waals surface area contributed by atoms with E-state index in [1.807, 2.05) is 11.3 Å². The molecular formula is C13H24N2O2S. The number of ether oxygens (including phenoxy) is 2. The number of nitrogens with one attached hydrogen (secondary N) is 2. The first kappa shape index (κ1) is 15.6. The van der Waals surface area contributed by atoms with Crippen LogP contribution in [-0.2, 0) is 15.9 Å². The third-order valence-electron chi connectivity index (χ3n) is 2.66. The first-order valence-corrected chi connectivity index (χ1v) is 7.20. The Labute approximate surface area is 114 Å². The summed E-state index contributed by atoms with van der Waals surface area (Å²) in [5, 5.41) is 8.89. The second-order valence-corrected chi connectivity index (χ2v) is 5.13. The number of rotatable bonds is 11. The first-order chi connectivity index (χ1) is 8.86. The summed E-state index contributed by atoms with van der Waals surface area (Å²) < 4.78 is 10.3. The zero-order chi connectivity index (χ0) is 13.1. The van der Waals surface area contributed by atoms with Crippen LogP contribution in [-0.4, -0.2) is 53.1 Å². The average molecular weight is 272 g/mol. The molecule has 0 bridgehead atoms. The predicted molar refractivity (Wildman–Crippen MR) is 76.4 cm³/mol. The molecule has 1 atom stereocenters. The van der Waals surface area contributed by atoms with Gasteiger partial charge in [-0.1, -0.05) is 6.07 Å². The summed E-state index contributed by atoms with van der Waals surface area (Å²) in [6.45, 7) is 4.43. The van der Waals surface area contributed by atoms with E-state index in [2.05, 4.69) is 28.1 Å². The van der Waals surface area contributed by atoms with E-state index >= 15 is 0 Å². The highest BCUT2D eigenvalue weighted by Gasteiger charge is 2.04. The molecule has 18 heavy (non-hydrogen) atoms. The Kier molecular flexibility index (Phi) is 9.06. The van der Waals surface area contributed by atoms with E-state index in [0.29, 0.717) is 6.61 Å². The summed E-state index contributed by atoms with van der Waals surface area (Å²) in [5.74, 6) is 0. The number of hydrogen-bond donors (Lipinski definition) is 2. The van der Waals surface area contributed by atoms with Crippen molar-refractivity contribution in [2.24, 2.45) is 0 Å². The van der Waals surface area contributed by atoms with Gasteiger partial charge in [-0.25, -0.2) is 0 Å². The lowest BCUT2D eigenvalue weighted by atomic mass is 10.3. The van der Waals surface area contributed by atoms with Crippen LogP contribution in [0.15, 0.2) is 17.5 Å². The number of methoxy groups -OCH3 is 2. The minimum atomic E-state index is 0.140. The quantitative estimate of drug-likeness (QED) is 0.593. The van der Waals surface area contributed by atoms with Crippen molar-refractivity contribution >= 4 is 11.3 Å². The Morgan fingerprint density at radius 1 is 1.22 bits per heavy atom. The highest BCUT2D eigenvalue weighted by atomic mass is 32.1. The highest BCUT2D eigenvalue weighted by molar-refractivity contribution is 7.09. The van der Waals surface area contributed by atoms with Crippen LogP contribution in [0, 0.1) is 0 Å². The summed E-state index contributed by atoms with van der Waals surface area (Å²) in [7, 11) is 3.41. The molecule has 0 aliphatic carbocycles. The van der Waals surface area contributed by atoms with Gasteiger partial charge in [0.2, 0.25) is 0 Å². The van der Waals surface area contributed by atoms with Gasteiger partial charge in [0.15, 0.2) is 0 Å². The highest BCUT2D eigenvalue weighted by Crippen LogP contribution is 2.07. The molecule has 0 aliphatic heterocycles. The van der Waals surface area contributed by atoms with Gasteiger partial charge < -0.3 is 20.1 Å². The fraction of sp³-hybridized carbons (Fsp3) is 0.692. The van der Waals surface area contributed by atoms with Crippen LogP contribution < -0.4 is 10.6 Å². The maximum Gasteiger partial charge on any atom is 0.0928 e. The maximum atomic E-state index is 5.26. The maximum absolute atomic E-state index is 5.26. The van der Waals surface area contributed by atoms with Crippen molar-refractivity contribution in [3.63, 3.8) is 0 Å². The van der Waals surface area contributed by atoms with E-state index in [1.165, 1.54) is 4.88 Å². The van der Waals surface area contributed by atoms with Crippen LogP contribution in [0.2, 0.25) is 0 Å². The minimum absolute atomic E-state index is 0.140. The van der Waals surface area contributed by atoms with E-state index in [4.69, 9.17) is 9.47 Å². The van der Waals surface area contributed by atoms with Gasteiger partial charge in [0, 0.05) is 45.3 Å². The Morgan fingerprint density at radius 3 is 2.72 bits per heavy atom. The molecule has 0 fully saturated rings. The summed E-state index contributed by atoms with van der Waals surface area (Å²) in [6, 6.07) is 4.28. The Balaban J connectivity index is 1.89. The molecule has 2 N–H and O–H groups in total. The van der Waals surface area contributed by atoms with Crippen LogP contribution in [0.1, 0.15) is 4.88 Å². The van der Waals surface area contributed by atoms with Gasteiger partial charge in [-0.05, 0) is 17.9 Å². The van der Waals surface area contributed by atoms with Crippen molar-refractivity contribution in [3.8, 4) is 0 Å². The van der Waals surface area contributed by atoms with Crippen molar-refractivity contribution in [1.29, 1.82) is 0 Å². The smallest absolute Gasteiger partial charge is 0.0928 e. The zero-order valence-corrected chi connectivity index (χ0v) is 12.1. The van der Waals surface area contributed by atoms with E-state index in [9.17, 15) is 0 Å². The molecule has 1 aromatic heterocycles. The summed E-state index contributed by atoms with van der Waals surface area (Å²) in [4.78, 5) is 1.44. The SMILES string of the molecule is COCC(CNCCNCCc1cccs1)OC. The van der Waals surface area contributed by atoms with Gasteiger partial charge in [0.25, 0.3) is 0 Å². The van der Waals surface area contributed by atoms with Gasteiger partial charge in [-0.15, -0.1) is 11.3 Å². The molecule has 0 radical (unpaired) electrons. The first-order valence-electron chi connectivity index (χ1n) is 6.32. The molecule has 1 heterocycles. The lowest BCUT2D eigenvalue weighted by Crippen LogP contribution is -2.36. The average Bonchev–Trinajstić information content (AvgIpc) is 2.89. The molecule has 0 saturated heterocycles. The van der Waals surface area contributed by atoms with Gasteiger partial charge >= 0.3 is 0 Å². The van der Waals surface area contributed by atoms with Crippen molar-refractivity contribution in [3.05, 3.63) is 22.4 Å². The van der Waals surface area contributed by atoms with Crippen molar-refractivity contribution < 1.29 is 9.47 Å². The van der Waals surface area contributed by atoms with Gasteiger partial charge in [-0.2, -0.15) is 0 Å². The third kappa shape index (κ3) is 7.08. The van der Waals surface area contributed by atoms with Crippen LogP contribution in [0.3, 0.4) is 0 Å². The molecule has 0 amide bonds. The molecule has 0 saturated carbocycles. The van der Waals surface area contributed by atoms with E-state index < -0.39 is 0 Å². The van der Waals surface area contributed by atoms with E-state index in [-0.39, 0.29) is 6.10 Å². The number of hydrogen-bond acceptors (Lipinski definition) is 5. The second kappa shape index (κ2) is 10.5. The summed E-state index contributed by atoms with van der Waals surface area (Å²) in [5.41, 5.74) is 0. The fourth-order valence-corrected chi connectivity index (χ4v) is 2.34. The van der Waals surface area contributed by atoms with Crippen LogP contribution in [0.5, 0.6) is 0 Å². The van der Waals surface area contributed by atoms with Crippen molar-refractivity contribution in [1.82, 2.24) is 10.6 Å². The lowest BCUT2D eigenvalue weighted by molar-refractivity contribution is 0.0291. The zero-order valence-electron chi connectivity index (χ0n) is 11.3. The molecule has 0 aliphatic rings. The Hall–Kier alpha value is -0.460. The van der Waals surface area contributed by atoms with Gasteiger partial charge in [-0.3, -0.25) is 0 Å². The predicted octanol–water partition coefficient (Wildman–Crippen LogP) is 1.13. The minimum Gasteiger partial charge on any atom is -0.382 e. The summed E-state index contributed by atoms with van der Waals surface area (Å²) >= 11 is 1.82. The molecular weight excluding hydrogens is 248 g/mol. The molecule has 104 valence electrons. The fourth-order valence-electron chi connectivity index (χ4n) is 1.63. The van der Waals surface area contributed by atoms with E-state index in [0.717, 1.165) is 32.6 Å². The molecule has 0 aromatic carbocycles. The van der Waals surface area contributed by atoms with Gasteiger partial charge in [0.1, 0.15) is 0 Å². The standard InChI is InChI=1S/C13H24N2O2S/c1-16-11-12(17-2)10-15-8-7-14-6-5-13-4-3-9-18-13/h3-4,9,12,14-15H,5-8,10-11H2,1-2H3. The normalized spacial score (nSPS) is 12.8. The molecule has 5 heteroatoms. The largest absolute Gasteiger partial charge is 0.382 e. The molecule has 0 spiro atoms. The Bertz CT molecular complexity index is 281. The molecule has 4 nitrogen and oxygen atoms in total. The second-order valence-electron chi connectivity index (χ2n) is 4.10. The van der Waals surface area contributed by atoms with E-state index in [1.54, 1.807) is 14.2 Å². The number of thiophene rings is 1. The molecule has 1 unspecified atom stereocenters. The molecule has 1 rings (SSSR count). The van der Waals surface area contributed by atoms with Crippen LogP contribution in [0.4, 0.5) is 0 Å². The Morgan fingerprint density at radius 2 is 2.06 bits per heavy atom. The monoisotopic (exact) mass is 272 g/mol. The van der Waals surface area contributed by atoms with Crippen molar-refractivity contribution in [2.45, 2.75) is 12.5 Å². The molecule has 1 aromatic rings. The van der Waals surface area contributed by atoms with Crippen LogP contribution in [0.25, 0.3) is 0 Å². The van der Waals surface area contributed by atoms with Crippen LogP contribution >= 0.6 is 11.3 Å². The van der Waals surface area contributed by atoms with Gasteiger partial charge in [0.05, 0.1) is 12.7 Å². The lowest BCUT2D eigenvalue weighted by Gasteiger charge is -2.15. The summed E-state index contributed by atoms with van der Waals surface area (Å²) in [6.07, 6.45) is 1.25. The third-order valence-corrected chi connectivity index (χ3v) is 3.60. The van der Waals surface area contributed by atoms with Crippen molar-refractivity contribution in [2.75, 3.05) is 47.0 Å². The topological polar surface area (TPSA) is 42.5 Å².